The van der Waals surface area contributed by atoms with Crippen LogP contribution in [0.15, 0.2) is 18.2 Å². The minimum atomic E-state index is -0.468. The predicted octanol–water partition coefficient (Wildman–Crippen LogP) is 7.24. The maximum Gasteiger partial charge on any atom is 0.129 e. The van der Waals surface area contributed by atoms with Crippen LogP contribution >= 0.6 is 0 Å². The van der Waals surface area contributed by atoms with Gasteiger partial charge in [0.1, 0.15) is 11.6 Å². The molecule has 2 heteroatoms. The summed E-state index contributed by atoms with van der Waals surface area (Å²) in [7, 11) is 0. The van der Waals surface area contributed by atoms with E-state index in [-0.39, 0.29) is 5.82 Å². The number of benzene rings is 1. The van der Waals surface area contributed by atoms with Crippen LogP contribution in [0.25, 0.3) is 0 Å². The van der Waals surface area contributed by atoms with E-state index in [2.05, 4.69) is 6.92 Å². The molecule has 0 nitrogen and oxygen atoms in total. The fourth-order valence-electron chi connectivity index (χ4n) is 5.18. The summed E-state index contributed by atoms with van der Waals surface area (Å²) in [5.74, 6) is 2.20. The Labute approximate surface area is 146 Å². The fourth-order valence-corrected chi connectivity index (χ4v) is 5.18. The summed E-state index contributed by atoms with van der Waals surface area (Å²) in [5.41, 5.74) is 0.734. The molecular weight excluding hydrogens is 302 g/mol. The number of unbranched alkanes of at least 4 members (excludes halogenated alkanes) is 1. The zero-order valence-corrected chi connectivity index (χ0v) is 15.1. The Kier molecular flexibility index (Phi) is 6.30. The maximum absolute atomic E-state index is 14.0. The van der Waals surface area contributed by atoms with Gasteiger partial charge < -0.3 is 0 Å². The minimum absolute atomic E-state index is 0.294. The molecule has 2 aliphatic rings. The van der Waals surface area contributed by atoms with Gasteiger partial charge in [-0.2, -0.15) is 0 Å². The van der Waals surface area contributed by atoms with Crippen LogP contribution in [-0.4, -0.2) is 0 Å². The average molecular weight is 334 g/mol. The summed E-state index contributed by atoms with van der Waals surface area (Å²) in [5, 5.41) is 0. The topological polar surface area (TPSA) is 0 Å². The normalized spacial score (nSPS) is 31.1. The van der Waals surface area contributed by atoms with Crippen LogP contribution in [0.2, 0.25) is 0 Å². The van der Waals surface area contributed by atoms with Crippen molar-refractivity contribution in [2.45, 2.75) is 83.5 Å². The van der Waals surface area contributed by atoms with E-state index in [1.807, 2.05) is 0 Å². The van der Waals surface area contributed by atoms with Crippen LogP contribution in [0, 0.1) is 29.4 Å². The monoisotopic (exact) mass is 334 g/mol. The lowest BCUT2D eigenvalue weighted by Gasteiger charge is -2.38. The van der Waals surface area contributed by atoms with Gasteiger partial charge in [0, 0.05) is 6.07 Å². The molecule has 0 atom stereocenters. The van der Waals surface area contributed by atoms with Gasteiger partial charge in [0.15, 0.2) is 0 Å². The summed E-state index contributed by atoms with van der Waals surface area (Å²) in [6.45, 7) is 2.29. The van der Waals surface area contributed by atoms with Gasteiger partial charge in [-0.15, -0.1) is 0 Å². The molecule has 3 rings (SSSR count). The molecule has 2 saturated carbocycles. The van der Waals surface area contributed by atoms with E-state index in [0.29, 0.717) is 5.92 Å². The summed E-state index contributed by atoms with van der Waals surface area (Å²) in [6.07, 6.45) is 14.4. The zero-order chi connectivity index (χ0) is 16.9. The Morgan fingerprint density at radius 1 is 0.875 bits per heavy atom. The highest BCUT2D eigenvalue weighted by Crippen LogP contribution is 2.44. The molecule has 0 aromatic heterocycles. The van der Waals surface area contributed by atoms with E-state index in [0.717, 1.165) is 42.2 Å². The van der Waals surface area contributed by atoms with Crippen LogP contribution in [0.5, 0.6) is 0 Å². The van der Waals surface area contributed by atoms with Crippen molar-refractivity contribution in [3.8, 4) is 0 Å². The summed E-state index contributed by atoms with van der Waals surface area (Å²) in [6, 6.07) is 4.11. The van der Waals surface area contributed by atoms with Crippen LogP contribution in [0.4, 0.5) is 8.78 Å². The van der Waals surface area contributed by atoms with Crippen molar-refractivity contribution in [2.75, 3.05) is 0 Å². The van der Waals surface area contributed by atoms with Crippen LogP contribution in [-0.2, 0) is 0 Å². The maximum atomic E-state index is 14.0. The van der Waals surface area contributed by atoms with E-state index in [4.69, 9.17) is 0 Å². The van der Waals surface area contributed by atoms with Crippen molar-refractivity contribution >= 4 is 0 Å². The molecule has 0 radical (unpaired) electrons. The largest absolute Gasteiger partial charge is 0.207 e. The average Bonchev–Trinajstić information content (AvgIpc) is 2.61. The molecule has 2 fully saturated rings. The highest BCUT2D eigenvalue weighted by molar-refractivity contribution is 5.23. The lowest BCUT2D eigenvalue weighted by Crippen LogP contribution is -2.25. The Balaban J connectivity index is 1.47. The third kappa shape index (κ3) is 4.37. The SMILES string of the molecule is CCCCC1CCC(C2CCC(c3ccc(F)cc3F)CC2)CC1. The summed E-state index contributed by atoms with van der Waals surface area (Å²) < 4.78 is 27.1. The van der Waals surface area contributed by atoms with Crippen molar-refractivity contribution in [2.24, 2.45) is 17.8 Å². The first-order chi connectivity index (χ1) is 11.7. The third-order valence-electron chi connectivity index (χ3n) is 6.70. The van der Waals surface area contributed by atoms with Crippen molar-refractivity contribution in [1.82, 2.24) is 0 Å². The number of hydrogen-bond acceptors (Lipinski definition) is 0. The van der Waals surface area contributed by atoms with Gasteiger partial charge in [0.2, 0.25) is 0 Å². The molecule has 0 saturated heterocycles. The summed E-state index contributed by atoms with van der Waals surface area (Å²) in [4.78, 5) is 0. The molecule has 0 aliphatic heterocycles. The molecule has 134 valence electrons. The van der Waals surface area contributed by atoms with Gasteiger partial charge in [0.05, 0.1) is 0 Å². The molecule has 1 aromatic rings. The van der Waals surface area contributed by atoms with Crippen LogP contribution < -0.4 is 0 Å². The standard InChI is InChI=1S/C22H32F2/c1-2-3-4-16-5-7-17(8-6-16)18-9-11-19(12-10-18)21-14-13-20(23)15-22(21)24/h13-19H,2-12H2,1H3. The molecule has 0 heterocycles. The molecule has 24 heavy (non-hydrogen) atoms. The molecule has 1 aromatic carbocycles. The van der Waals surface area contributed by atoms with Gasteiger partial charge in [-0.25, -0.2) is 8.78 Å². The second-order valence-electron chi connectivity index (χ2n) is 8.20. The van der Waals surface area contributed by atoms with E-state index < -0.39 is 5.82 Å². The lowest BCUT2D eigenvalue weighted by atomic mass is 9.68. The van der Waals surface area contributed by atoms with Gasteiger partial charge in [-0.3, -0.25) is 0 Å². The number of halogens is 2. The molecule has 0 unspecified atom stereocenters. The Morgan fingerprint density at radius 3 is 2.08 bits per heavy atom. The lowest BCUT2D eigenvalue weighted by molar-refractivity contribution is 0.155. The second-order valence-corrected chi connectivity index (χ2v) is 8.20. The highest BCUT2D eigenvalue weighted by atomic mass is 19.1. The Morgan fingerprint density at radius 2 is 1.50 bits per heavy atom. The van der Waals surface area contributed by atoms with Crippen molar-refractivity contribution < 1.29 is 8.78 Å². The van der Waals surface area contributed by atoms with E-state index in [1.165, 1.54) is 63.9 Å². The zero-order valence-electron chi connectivity index (χ0n) is 15.1. The molecular formula is C22H32F2. The molecule has 0 spiro atoms. The van der Waals surface area contributed by atoms with E-state index >= 15 is 0 Å². The first kappa shape index (κ1) is 17.9. The quantitative estimate of drug-likeness (QED) is 0.532. The first-order valence-corrected chi connectivity index (χ1v) is 10.1. The van der Waals surface area contributed by atoms with E-state index in [1.54, 1.807) is 6.07 Å². The van der Waals surface area contributed by atoms with Crippen molar-refractivity contribution in [3.63, 3.8) is 0 Å². The van der Waals surface area contributed by atoms with Crippen molar-refractivity contribution in [3.05, 3.63) is 35.4 Å². The van der Waals surface area contributed by atoms with Gasteiger partial charge in [0.25, 0.3) is 0 Å². The van der Waals surface area contributed by atoms with Crippen LogP contribution in [0.3, 0.4) is 0 Å². The number of hydrogen-bond donors (Lipinski definition) is 0. The second kappa shape index (κ2) is 8.45. The minimum Gasteiger partial charge on any atom is -0.207 e. The van der Waals surface area contributed by atoms with Crippen LogP contribution in [0.1, 0.15) is 89.0 Å². The number of rotatable bonds is 5. The smallest absolute Gasteiger partial charge is 0.129 e. The van der Waals surface area contributed by atoms with Gasteiger partial charge >= 0.3 is 0 Å². The van der Waals surface area contributed by atoms with Gasteiger partial charge in [-0.1, -0.05) is 45.1 Å². The molecule has 2 aliphatic carbocycles. The Hall–Kier alpha value is -0.920. The van der Waals surface area contributed by atoms with Crippen molar-refractivity contribution in [1.29, 1.82) is 0 Å². The predicted molar refractivity (Wildman–Crippen MR) is 96.0 cm³/mol. The Bertz CT molecular complexity index is 509. The molecule has 0 N–H and O–H groups in total. The molecule has 0 bridgehead atoms. The molecule has 0 amide bonds. The van der Waals surface area contributed by atoms with Gasteiger partial charge in [-0.05, 0) is 73.8 Å². The fraction of sp³-hybridized carbons (Fsp3) is 0.727. The highest BCUT2D eigenvalue weighted by Gasteiger charge is 2.31. The third-order valence-corrected chi connectivity index (χ3v) is 6.70. The first-order valence-electron chi connectivity index (χ1n) is 10.1. The summed E-state index contributed by atoms with van der Waals surface area (Å²) >= 11 is 0. The van der Waals surface area contributed by atoms with E-state index in [9.17, 15) is 8.78 Å².